The smallest absolute Gasteiger partial charge is 0.276 e. The van der Waals surface area contributed by atoms with Gasteiger partial charge in [0.2, 0.25) is 10.0 Å². The van der Waals surface area contributed by atoms with Crippen molar-refractivity contribution < 1.29 is 18.4 Å². The highest BCUT2D eigenvalue weighted by molar-refractivity contribution is 7.89. The van der Waals surface area contributed by atoms with Crippen LogP contribution < -0.4 is 10.8 Å². The maximum atomic E-state index is 13.1. The lowest BCUT2D eigenvalue weighted by Crippen LogP contribution is -2.42. The number of hydroxylamine groups is 1. The molecule has 1 aliphatic heterocycles. The zero-order valence-corrected chi connectivity index (χ0v) is 17.0. The summed E-state index contributed by atoms with van der Waals surface area (Å²) in [6, 6.07) is 16.2. The second-order valence-electron chi connectivity index (χ2n) is 7.20. The van der Waals surface area contributed by atoms with Crippen LogP contribution in [0.2, 0.25) is 0 Å². The van der Waals surface area contributed by atoms with Crippen molar-refractivity contribution in [2.75, 3.05) is 18.4 Å². The molecule has 1 saturated heterocycles. The second-order valence-corrected chi connectivity index (χ2v) is 9.14. The normalized spacial score (nSPS) is 15.8. The number of sulfonamides is 1. The Balaban J connectivity index is 1.40. The average Bonchev–Trinajstić information content (AvgIpc) is 2.79. The highest BCUT2D eigenvalue weighted by Gasteiger charge is 2.29. The van der Waals surface area contributed by atoms with Crippen LogP contribution in [0.15, 0.2) is 65.7 Å². The Kier molecular flexibility index (Phi) is 5.67. The fourth-order valence-corrected chi connectivity index (χ4v) is 5.11. The van der Waals surface area contributed by atoms with Crippen molar-refractivity contribution in [3.8, 4) is 0 Å². The number of piperidine rings is 1. The summed E-state index contributed by atoms with van der Waals surface area (Å²) in [7, 11) is -3.55. The number of fused-ring (bicyclic) bond motifs is 1. The van der Waals surface area contributed by atoms with Crippen LogP contribution in [0.4, 0.5) is 5.82 Å². The Bertz CT molecular complexity index is 1160. The molecule has 0 radical (unpaired) electrons. The van der Waals surface area contributed by atoms with Crippen LogP contribution in [-0.2, 0) is 10.0 Å². The number of carbonyl (C=O) groups excluding carboxylic acids is 1. The summed E-state index contributed by atoms with van der Waals surface area (Å²) in [4.78, 5) is 15.8. The third-order valence-corrected chi connectivity index (χ3v) is 7.19. The molecule has 0 aliphatic carbocycles. The van der Waals surface area contributed by atoms with Gasteiger partial charge >= 0.3 is 0 Å². The fourth-order valence-electron chi connectivity index (χ4n) is 3.60. The average molecular weight is 426 g/mol. The van der Waals surface area contributed by atoms with Crippen LogP contribution >= 0.6 is 0 Å². The fraction of sp³-hybridized carbons (Fsp3) is 0.238. The topological polar surface area (TPSA) is 112 Å². The zero-order valence-electron chi connectivity index (χ0n) is 16.2. The molecule has 0 atom stereocenters. The van der Waals surface area contributed by atoms with Crippen LogP contribution in [0.1, 0.15) is 23.2 Å². The third-order valence-electron chi connectivity index (χ3n) is 5.29. The molecule has 1 aliphatic rings. The van der Waals surface area contributed by atoms with E-state index in [-0.39, 0.29) is 11.6 Å². The molecule has 0 unspecified atom stereocenters. The Hall–Kier alpha value is -3.01. The standard InChI is InChI=1S/C21H22N4O4S/c26-21(24-27)17-6-8-20(22-14-17)23-18-9-11-25(12-10-18)30(28,29)19-7-5-15-3-1-2-4-16(15)13-19/h1-8,13-14,18,27H,9-12H2,(H,22,23)(H,24,26). The molecule has 4 rings (SSSR count). The maximum absolute atomic E-state index is 13.1. The van der Waals surface area contributed by atoms with Gasteiger partial charge in [-0.3, -0.25) is 10.0 Å². The third kappa shape index (κ3) is 4.13. The monoisotopic (exact) mass is 426 g/mol. The van der Waals surface area contributed by atoms with E-state index in [0.717, 1.165) is 10.8 Å². The molecule has 0 saturated carbocycles. The van der Waals surface area contributed by atoms with Gasteiger partial charge in [0.05, 0.1) is 10.5 Å². The van der Waals surface area contributed by atoms with Crippen LogP contribution in [0.5, 0.6) is 0 Å². The Morgan fingerprint density at radius 3 is 2.43 bits per heavy atom. The summed E-state index contributed by atoms with van der Waals surface area (Å²) in [5.74, 6) is -0.0263. The van der Waals surface area contributed by atoms with Crippen LogP contribution in [0.25, 0.3) is 10.8 Å². The molecule has 2 heterocycles. The SMILES string of the molecule is O=C(NO)c1ccc(NC2CCN(S(=O)(=O)c3ccc4ccccc4c3)CC2)nc1. The molecule has 2 aromatic carbocycles. The summed E-state index contributed by atoms with van der Waals surface area (Å²) in [6.45, 7) is 0.829. The number of nitrogens with zero attached hydrogens (tertiary/aromatic N) is 2. The van der Waals surface area contributed by atoms with Gasteiger partial charge in [0, 0.05) is 25.3 Å². The van der Waals surface area contributed by atoms with E-state index in [1.54, 1.807) is 29.7 Å². The van der Waals surface area contributed by atoms with Crippen LogP contribution in [0.3, 0.4) is 0 Å². The first-order valence-electron chi connectivity index (χ1n) is 9.63. The summed E-state index contributed by atoms with van der Waals surface area (Å²) >= 11 is 0. The summed E-state index contributed by atoms with van der Waals surface area (Å²) in [5, 5.41) is 13.8. The van der Waals surface area contributed by atoms with E-state index in [4.69, 9.17) is 5.21 Å². The quantitative estimate of drug-likeness (QED) is 0.427. The Morgan fingerprint density at radius 1 is 1.03 bits per heavy atom. The van der Waals surface area contributed by atoms with Gasteiger partial charge in [-0.1, -0.05) is 30.3 Å². The van der Waals surface area contributed by atoms with Crippen LogP contribution in [0, 0.1) is 0 Å². The molecular weight excluding hydrogens is 404 g/mol. The summed E-state index contributed by atoms with van der Waals surface area (Å²) in [5.41, 5.74) is 1.81. The number of aromatic nitrogens is 1. The van der Waals surface area contributed by atoms with Crippen molar-refractivity contribution in [2.45, 2.75) is 23.8 Å². The van der Waals surface area contributed by atoms with Crippen LogP contribution in [-0.4, -0.2) is 48.0 Å². The summed E-state index contributed by atoms with van der Waals surface area (Å²) in [6.07, 6.45) is 2.66. The predicted octanol–water partition coefficient (Wildman–Crippen LogP) is 2.62. The Morgan fingerprint density at radius 2 is 1.77 bits per heavy atom. The molecule has 0 spiro atoms. The second kappa shape index (κ2) is 8.39. The highest BCUT2D eigenvalue weighted by Crippen LogP contribution is 2.25. The number of anilines is 1. The number of amides is 1. The largest absolute Gasteiger partial charge is 0.367 e. The van der Waals surface area contributed by atoms with Gasteiger partial charge in [0.15, 0.2) is 0 Å². The molecule has 3 aromatic rings. The van der Waals surface area contributed by atoms with E-state index in [1.807, 2.05) is 30.3 Å². The molecule has 156 valence electrons. The van der Waals surface area contributed by atoms with Crippen molar-refractivity contribution >= 4 is 32.5 Å². The first kappa shape index (κ1) is 20.3. The van der Waals surface area contributed by atoms with E-state index < -0.39 is 15.9 Å². The van der Waals surface area contributed by atoms with Crippen molar-refractivity contribution in [3.63, 3.8) is 0 Å². The van der Waals surface area contributed by atoms with Gasteiger partial charge in [-0.05, 0) is 47.9 Å². The van der Waals surface area contributed by atoms with E-state index in [2.05, 4.69) is 10.3 Å². The molecule has 8 nitrogen and oxygen atoms in total. The van der Waals surface area contributed by atoms with Gasteiger partial charge in [0.1, 0.15) is 5.82 Å². The molecule has 30 heavy (non-hydrogen) atoms. The Labute approximate surface area is 174 Å². The van der Waals surface area contributed by atoms with Crippen molar-refractivity contribution in [3.05, 3.63) is 66.4 Å². The van der Waals surface area contributed by atoms with Crippen molar-refractivity contribution in [2.24, 2.45) is 0 Å². The number of rotatable bonds is 5. The lowest BCUT2D eigenvalue weighted by Gasteiger charge is -2.32. The molecule has 1 amide bonds. The van der Waals surface area contributed by atoms with E-state index in [0.29, 0.717) is 36.6 Å². The van der Waals surface area contributed by atoms with E-state index in [9.17, 15) is 13.2 Å². The van der Waals surface area contributed by atoms with Crippen molar-refractivity contribution in [1.29, 1.82) is 0 Å². The number of nitrogens with one attached hydrogen (secondary N) is 2. The number of benzene rings is 2. The van der Waals surface area contributed by atoms with Gasteiger partial charge in [-0.2, -0.15) is 4.31 Å². The van der Waals surface area contributed by atoms with Gasteiger partial charge < -0.3 is 5.32 Å². The molecular formula is C21H22N4O4S. The minimum absolute atomic E-state index is 0.0815. The zero-order chi connectivity index (χ0) is 21.1. The molecule has 0 bridgehead atoms. The predicted molar refractivity (Wildman–Crippen MR) is 113 cm³/mol. The number of carbonyl (C=O) groups is 1. The number of hydrogen-bond donors (Lipinski definition) is 3. The van der Waals surface area contributed by atoms with Gasteiger partial charge in [0.25, 0.3) is 5.91 Å². The maximum Gasteiger partial charge on any atom is 0.276 e. The minimum atomic E-state index is -3.55. The first-order chi connectivity index (χ1) is 14.5. The number of pyridine rings is 1. The molecule has 9 heteroatoms. The molecule has 1 fully saturated rings. The minimum Gasteiger partial charge on any atom is -0.367 e. The van der Waals surface area contributed by atoms with Gasteiger partial charge in [-0.15, -0.1) is 0 Å². The number of hydrogen-bond acceptors (Lipinski definition) is 6. The lowest BCUT2D eigenvalue weighted by molar-refractivity contribution is 0.0706. The molecule has 3 N–H and O–H groups in total. The lowest BCUT2D eigenvalue weighted by atomic mass is 10.1. The first-order valence-corrected chi connectivity index (χ1v) is 11.1. The van der Waals surface area contributed by atoms with E-state index in [1.165, 1.54) is 10.5 Å². The van der Waals surface area contributed by atoms with E-state index >= 15 is 0 Å². The van der Waals surface area contributed by atoms with Gasteiger partial charge in [-0.25, -0.2) is 18.9 Å². The highest BCUT2D eigenvalue weighted by atomic mass is 32.2. The summed E-state index contributed by atoms with van der Waals surface area (Å²) < 4.78 is 27.6. The van der Waals surface area contributed by atoms with Crippen molar-refractivity contribution in [1.82, 2.24) is 14.8 Å². The molecule has 1 aromatic heterocycles.